The molecule has 1 aromatic carbocycles. The molecular formula is C23H29F2N3O3. The Kier molecular flexibility index (Phi) is 7.81. The molecule has 2 amide bonds. The Morgan fingerprint density at radius 1 is 1.23 bits per heavy atom. The summed E-state index contributed by atoms with van der Waals surface area (Å²) in [4.78, 5) is 42.5. The van der Waals surface area contributed by atoms with E-state index in [1.165, 1.54) is 12.3 Å². The van der Waals surface area contributed by atoms with Gasteiger partial charge in [-0.1, -0.05) is 39.3 Å². The number of aryl methyl sites for hydroxylation is 1. The molecule has 31 heavy (non-hydrogen) atoms. The second-order valence-electron chi connectivity index (χ2n) is 7.72. The molecule has 1 saturated heterocycles. The van der Waals surface area contributed by atoms with Crippen molar-refractivity contribution in [3.63, 3.8) is 0 Å². The van der Waals surface area contributed by atoms with Gasteiger partial charge in [0.05, 0.1) is 30.2 Å². The van der Waals surface area contributed by atoms with E-state index in [0.29, 0.717) is 16.5 Å². The highest BCUT2D eigenvalue weighted by molar-refractivity contribution is 6.07. The molecule has 0 bridgehead atoms. The molecule has 0 radical (unpaired) electrons. The van der Waals surface area contributed by atoms with E-state index in [1.54, 1.807) is 19.9 Å². The van der Waals surface area contributed by atoms with Crippen molar-refractivity contribution >= 4 is 28.5 Å². The maximum absolute atomic E-state index is 13.9. The number of pyridine rings is 1. The zero-order valence-electron chi connectivity index (χ0n) is 18.5. The minimum absolute atomic E-state index is 0.341. The monoisotopic (exact) mass is 433 g/mol. The molecule has 2 aromatic rings. The largest absolute Gasteiger partial charge is 0.343 e. The molecule has 1 aromatic heterocycles. The Balaban J connectivity index is 0.00000166. The molecule has 1 fully saturated rings. The zero-order chi connectivity index (χ0) is 23.3. The van der Waals surface area contributed by atoms with E-state index in [9.17, 15) is 23.2 Å². The van der Waals surface area contributed by atoms with E-state index >= 15 is 0 Å². The number of Topliss-reactive ketones (excluding diaryl/α,β-unsaturated/α-hetero) is 1. The molecule has 0 saturated carbocycles. The quantitative estimate of drug-likeness (QED) is 0.779. The van der Waals surface area contributed by atoms with Gasteiger partial charge in [0.15, 0.2) is 5.78 Å². The highest BCUT2D eigenvalue weighted by Crippen LogP contribution is 2.33. The number of nitrogens with zero attached hydrogens (tertiary/aromatic N) is 2. The molecule has 168 valence electrons. The van der Waals surface area contributed by atoms with E-state index in [-0.39, 0.29) is 0 Å². The van der Waals surface area contributed by atoms with Crippen molar-refractivity contribution < 1.29 is 23.2 Å². The first kappa shape index (κ1) is 24.4. The van der Waals surface area contributed by atoms with Crippen LogP contribution in [0.5, 0.6) is 0 Å². The van der Waals surface area contributed by atoms with Gasteiger partial charge in [-0.15, -0.1) is 0 Å². The van der Waals surface area contributed by atoms with Crippen LogP contribution in [0.3, 0.4) is 0 Å². The number of ketones is 1. The minimum atomic E-state index is -3.12. The third kappa shape index (κ3) is 5.62. The van der Waals surface area contributed by atoms with E-state index in [0.717, 1.165) is 10.5 Å². The third-order valence-corrected chi connectivity index (χ3v) is 5.03. The highest BCUT2D eigenvalue weighted by Gasteiger charge is 2.49. The number of benzene rings is 1. The number of hydrogen-bond donors (Lipinski definition) is 1. The van der Waals surface area contributed by atoms with Crippen molar-refractivity contribution in [2.24, 2.45) is 5.92 Å². The van der Waals surface area contributed by atoms with Crippen molar-refractivity contribution in [1.82, 2.24) is 15.2 Å². The molecule has 1 aliphatic rings. The summed E-state index contributed by atoms with van der Waals surface area (Å²) >= 11 is 0. The highest BCUT2D eigenvalue weighted by atomic mass is 19.3. The number of halogens is 2. The topological polar surface area (TPSA) is 79.4 Å². The number of alkyl halides is 2. The summed E-state index contributed by atoms with van der Waals surface area (Å²) in [6.07, 6.45) is 0.810. The molecule has 1 atom stereocenters. The first-order valence-electron chi connectivity index (χ1n) is 10.4. The van der Waals surface area contributed by atoms with Crippen molar-refractivity contribution in [2.45, 2.75) is 53.0 Å². The van der Waals surface area contributed by atoms with Crippen LogP contribution in [0.4, 0.5) is 8.78 Å². The summed E-state index contributed by atoms with van der Waals surface area (Å²) < 4.78 is 27.7. The van der Waals surface area contributed by atoms with Gasteiger partial charge in [-0.25, -0.2) is 8.78 Å². The standard InChI is InChI=1S/C21H23F2N3O3.C2H6/c1-12(2)19(28)17-9-21(22,23)11-26(17)18(27)10-25-20(29)14-6-7-24-16-5-4-13(3)8-15(14)16;1-2/h4-8,12,17H,9-11H2,1-3H3,(H,25,29);1-2H3. The van der Waals surface area contributed by atoms with Crippen LogP contribution in [0.25, 0.3) is 10.9 Å². The lowest BCUT2D eigenvalue weighted by Gasteiger charge is -2.24. The Hall–Kier alpha value is -2.90. The van der Waals surface area contributed by atoms with Gasteiger partial charge >= 0.3 is 0 Å². The number of amides is 2. The van der Waals surface area contributed by atoms with Crippen molar-refractivity contribution in [2.75, 3.05) is 13.1 Å². The molecule has 3 rings (SSSR count). The number of carbonyl (C=O) groups excluding carboxylic acids is 3. The lowest BCUT2D eigenvalue weighted by atomic mass is 9.99. The average molecular weight is 433 g/mol. The van der Waals surface area contributed by atoms with Crippen LogP contribution in [0.15, 0.2) is 30.5 Å². The number of aromatic nitrogens is 1. The van der Waals surface area contributed by atoms with Gasteiger partial charge in [0, 0.05) is 23.9 Å². The predicted molar refractivity (Wildman–Crippen MR) is 115 cm³/mol. The van der Waals surface area contributed by atoms with E-state index in [1.807, 2.05) is 32.9 Å². The molecule has 6 nitrogen and oxygen atoms in total. The molecule has 0 spiro atoms. The van der Waals surface area contributed by atoms with Gasteiger partial charge in [0.1, 0.15) is 0 Å². The van der Waals surface area contributed by atoms with E-state index < -0.39 is 55.0 Å². The molecule has 1 aliphatic heterocycles. The van der Waals surface area contributed by atoms with Gasteiger partial charge in [-0.05, 0) is 25.1 Å². The first-order valence-corrected chi connectivity index (χ1v) is 10.4. The van der Waals surface area contributed by atoms with Crippen LogP contribution in [0, 0.1) is 12.8 Å². The van der Waals surface area contributed by atoms with Crippen LogP contribution in [-0.4, -0.2) is 52.5 Å². The van der Waals surface area contributed by atoms with Crippen LogP contribution in [0.1, 0.15) is 50.0 Å². The van der Waals surface area contributed by atoms with Crippen molar-refractivity contribution in [3.05, 3.63) is 41.6 Å². The molecule has 8 heteroatoms. The first-order chi connectivity index (χ1) is 14.6. The molecule has 1 unspecified atom stereocenters. The fourth-order valence-corrected chi connectivity index (χ4v) is 3.53. The zero-order valence-corrected chi connectivity index (χ0v) is 18.5. The molecule has 0 aliphatic carbocycles. The summed E-state index contributed by atoms with van der Waals surface area (Å²) in [5.41, 5.74) is 1.93. The normalized spacial score (nSPS) is 17.3. The number of hydrogen-bond acceptors (Lipinski definition) is 4. The molecule has 2 heterocycles. The summed E-state index contributed by atoms with van der Waals surface area (Å²) in [6, 6.07) is 5.86. The Bertz CT molecular complexity index is 976. The predicted octanol–water partition coefficient (Wildman–Crippen LogP) is 3.76. The van der Waals surface area contributed by atoms with Crippen molar-refractivity contribution in [1.29, 1.82) is 0 Å². The van der Waals surface area contributed by atoms with Crippen LogP contribution in [0.2, 0.25) is 0 Å². The number of likely N-dealkylation sites (tertiary alicyclic amines) is 1. The summed E-state index contributed by atoms with van der Waals surface area (Å²) in [5.74, 6) is -5.20. The maximum atomic E-state index is 13.9. The number of fused-ring (bicyclic) bond motifs is 1. The second kappa shape index (κ2) is 9.94. The van der Waals surface area contributed by atoms with Gasteiger partial charge in [0.2, 0.25) is 5.91 Å². The van der Waals surface area contributed by atoms with Gasteiger partial charge in [-0.2, -0.15) is 0 Å². The van der Waals surface area contributed by atoms with E-state index in [4.69, 9.17) is 0 Å². The summed E-state index contributed by atoms with van der Waals surface area (Å²) in [6.45, 7) is 7.82. The SMILES string of the molecule is CC.Cc1ccc2nccc(C(=O)NCC(=O)N3CC(F)(F)CC3C(=O)C(C)C)c2c1. The lowest BCUT2D eigenvalue weighted by molar-refractivity contribution is -0.138. The van der Waals surface area contributed by atoms with E-state index in [2.05, 4.69) is 10.3 Å². The third-order valence-electron chi connectivity index (χ3n) is 5.03. The fraction of sp³-hybridized carbons (Fsp3) is 0.478. The fourth-order valence-electron chi connectivity index (χ4n) is 3.53. The van der Waals surface area contributed by atoms with Crippen LogP contribution < -0.4 is 5.32 Å². The second-order valence-corrected chi connectivity index (χ2v) is 7.72. The Morgan fingerprint density at radius 3 is 2.55 bits per heavy atom. The van der Waals surface area contributed by atoms with Crippen LogP contribution in [-0.2, 0) is 9.59 Å². The average Bonchev–Trinajstić information content (AvgIpc) is 3.07. The summed E-state index contributed by atoms with van der Waals surface area (Å²) in [5, 5.41) is 3.13. The number of rotatable bonds is 5. The van der Waals surface area contributed by atoms with Gasteiger partial charge < -0.3 is 10.2 Å². The lowest BCUT2D eigenvalue weighted by Crippen LogP contribution is -2.46. The van der Waals surface area contributed by atoms with Crippen molar-refractivity contribution in [3.8, 4) is 0 Å². The molecular weight excluding hydrogens is 404 g/mol. The maximum Gasteiger partial charge on any atom is 0.267 e. The smallest absolute Gasteiger partial charge is 0.267 e. The van der Waals surface area contributed by atoms with Gasteiger partial charge in [-0.3, -0.25) is 19.4 Å². The minimum Gasteiger partial charge on any atom is -0.343 e. The summed E-state index contributed by atoms with van der Waals surface area (Å²) in [7, 11) is 0. The number of nitrogens with one attached hydrogen (secondary N) is 1. The Morgan fingerprint density at radius 2 is 1.90 bits per heavy atom. The number of carbonyl (C=O) groups is 3. The van der Waals surface area contributed by atoms with Crippen LogP contribution >= 0.6 is 0 Å². The van der Waals surface area contributed by atoms with Gasteiger partial charge in [0.25, 0.3) is 11.8 Å². The molecule has 1 N–H and O–H groups in total. The Labute approximate surface area is 181 Å².